The lowest BCUT2D eigenvalue weighted by molar-refractivity contribution is 0.0697. The van der Waals surface area contributed by atoms with Crippen molar-refractivity contribution in [2.45, 2.75) is 25.6 Å². The summed E-state index contributed by atoms with van der Waals surface area (Å²) in [7, 11) is 0. The molecule has 98 valence electrons. The molecular formula is C13H12FN3O2. The van der Waals surface area contributed by atoms with Gasteiger partial charge in [-0.2, -0.15) is 0 Å². The number of carbonyl (C=O) groups is 1. The Morgan fingerprint density at radius 2 is 2.05 bits per heavy atom. The highest BCUT2D eigenvalue weighted by atomic mass is 19.1. The van der Waals surface area contributed by atoms with Gasteiger partial charge in [0, 0.05) is 12.0 Å². The highest BCUT2D eigenvalue weighted by Crippen LogP contribution is 2.24. The van der Waals surface area contributed by atoms with E-state index in [2.05, 4.69) is 10.2 Å². The minimum Gasteiger partial charge on any atom is -0.478 e. The number of benzene rings is 1. The Kier molecular flexibility index (Phi) is 2.77. The molecule has 1 atom stereocenters. The summed E-state index contributed by atoms with van der Waals surface area (Å²) in [6.45, 7) is 0.262. The van der Waals surface area contributed by atoms with Gasteiger partial charge in [-0.15, -0.1) is 10.2 Å². The summed E-state index contributed by atoms with van der Waals surface area (Å²) < 4.78 is 15.2. The predicted molar refractivity (Wildman–Crippen MR) is 65.6 cm³/mol. The van der Waals surface area contributed by atoms with Gasteiger partial charge in [0.1, 0.15) is 12.0 Å². The van der Waals surface area contributed by atoms with Crippen molar-refractivity contribution < 1.29 is 14.3 Å². The largest absolute Gasteiger partial charge is 0.478 e. The Labute approximate surface area is 108 Å². The Morgan fingerprint density at radius 1 is 1.32 bits per heavy atom. The van der Waals surface area contributed by atoms with Crippen LogP contribution < -0.4 is 0 Å². The summed E-state index contributed by atoms with van der Waals surface area (Å²) in [5.41, 5.74) is 0.961. The Hall–Kier alpha value is -2.24. The number of halogens is 1. The average molecular weight is 261 g/mol. The average Bonchev–Trinajstić information content (AvgIpc) is 2.81. The Bertz CT molecular complexity index is 621. The molecule has 1 N–H and O–H groups in total. The molecule has 0 saturated heterocycles. The minimum atomic E-state index is -0.973. The van der Waals surface area contributed by atoms with Gasteiger partial charge in [0.05, 0.1) is 12.1 Å². The van der Waals surface area contributed by atoms with Gasteiger partial charge in [0.15, 0.2) is 5.82 Å². The summed E-state index contributed by atoms with van der Waals surface area (Å²) in [6, 6.07) is 6.36. The second kappa shape index (κ2) is 4.46. The lowest BCUT2D eigenvalue weighted by atomic mass is 10.1. The first-order chi connectivity index (χ1) is 9.15. The van der Waals surface area contributed by atoms with Crippen molar-refractivity contribution in [3.05, 3.63) is 35.7 Å². The predicted octanol–water partition coefficient (Wildman–Crippen LogP) is 1.93. The lowest BCUT2D eigenvalue weighted by Crippen LogP contribution is -2.21. The number of rotatable bonds is 2. The van der Waals surface area contributed by atoms with Crippen molar-refractivity contribution in [1.29, 1.82) is 0 Å². The third-order valence-electron chi connectivity index (χ3n) is 3.28. The molecule has 1 aliphatic rings. The molecule has 1 aliphatic heterocycles. The number of carboxylic acids is 1. The van der Waals surface area contributed by atoms with E-state index in [0.717, 1.165) is 11.4 Å². The Balaban J connectivity index is 1.98. The molecule has 19 heavy (non-hydrogen) atoms. The third-order valence-corrected chi connectivity index (χ3v) is 3.28. The molecule has 0 aliphatic carbocycles. The molecule has 0 spiro atoms. The number of hydrogen-bond donors (Lipinski definition) is 1. The molecule has 1 aromatic carbocycles. The van der Waals surface area contributed by atoms with Crippen molar-refractivity contribution in [2.24, 2.45) is 0 Å². The number of nitrogens with zero attached hydrogens (tertiary/aromatic N) is 3. The maximum Gasteiger partial charge on any atom is 0.335 e. The maximum atomic E-state index is 13.5. The monoisotopic (exact) mass is 261 g/mol. The quantitative estimate of drug-likeness (QED) is 0.896. The molecule has 5 nitrogen and oxygen atoms in total. The number of aromatic nitrogens is 3. The first-order valence-electron chi connectivity index (χ1n) is 6.05. The van der Waals surface area contributed by atoms with Crippen LogP contribution in [0.5, 0.6) is 0 Å². The Morgan fingerprint density at radius 3 is 2.74 bits per heavy atom. The van der Waals surface area contributed by atoms with E-state index in [9.17, 15) is 9.18 Å². The van der Waals surface area contributed by atoms with Crippen LogP contribution >= 0.6 is 0 Å². The van der Waals surface area contributed by atoms with Crippen molar-refractivity contribution in [1.82, 2.24) is 14.8 Å². The summed E-state index contributed by atoms with van der Waals surface area (Å²) in [6.07, 6.45) is 0.192. The van der Waals surface area contributed by atoms with E-state index in [1.165, 1.54) is 12.1 Å². The second-order valence-electron chi connectivity index (χ2n) is 4.57. The van der Waals surface area contributed by atoms with E-state index >= 15 is 0 Å². The van der Waals surface area contributed by atoms with Gasteiger partial charge in [0.2, 0.25) is 0 Å². The zero-order chi connectivity index (χ0) is 13.4. The van der Waals surface area contributed by atoms with Crippen LogP contribution in [0.15, 0.2) is 24.3 Å². The molecule has 1 aromatic heterocycles. The van der Waals surface area contributed by atoms with Gasteiger partial charge in [-0.3, -0.25) is 0 Å². The van der Waals surface area contributed by atoms with E-state index in [1.54, 1.807) is 16.7 Å². The van der Waals surface area contributed by atoms with Gasteiger partial charge in [-0.05, 0) is 18.6 Å². The number of hydrogen-bond acceptors (Lipinski definition) is 3. The van der Waals surface area contributed by atoms with Crippen LogP contribution in [-0.4, -0.2) is 32.0 Å². The van der Waals surface area contributed by atoms with Crippen LogP contribution in [0.25, 0.3) is 11.4 Å². The molecule has 3 rings (SSSR count). The van der Waals surface area contributed by atoms with Gasteiger partial charge in [-0.25, -0.2) is 9.18 Å². The molecule has 2 heterocycles. The van der Waals surface area contributed by atoms with Gasteiger partial charge in [-0.1, -0.05) is 12.1 Å². The number of aromatic carboxylic acids is 1. The highest BCUT2D eigenvalue weighted by molar-refractivity contribution is 5.88. The molecule has 1 unspecified atom stereocenters. The summed E-state index contributed by atoms with van der Waals surface area (Å²) in [5, 5.41) is 17.0. The minimum absolute atomic E-state index is 0.213. The van der Waals surface area contributed by atoms with E-state index in [0.29, 0.717) is 18.7 Å². The van der Waals surface area contributed by atoms with Crippen LogP contribution in [0.3, 0.4) is 0 Å². The van der Waals surface area contributed by atoms with Crippen LogP contribution in [0.1, 0.15) is 22.6 Å². The van der Waals surface area contributed by atoms with Crippen molar-refractivity contribution in [3.8, 4) is 11.4 Å². The summed E-state index contributed by atoms with van der Waals surface area (Å²) in [5.74, 6) is 0.402. The van der Waals surface area contributed by atoms with Gasteiger partial charge < -0.3 is 9.67 Å². The fourth-order valence-electron chi connectivity index (χ4n) is 2.26. The zero-order valence-corrected chi connectivity index (χ0v) is 10.1. The number of alkyl halides is 1. The second-order valence-corrected chi connectivity index (χ2v) is 4.57. The molecular weight excluding hydrogens is 249 g/mol. The molecule has 2 aromatic rings. The summed E-state index contributed by atoms with van der Waals surface area (Å²) in [4.78, 5) is 10.8. The van der Waals surface area contributed by atoms with E-state index in [1.807, 2.05) is 0 Å². The number of aryl methyl sites for hydroxylation is 1. The van der Waals surface area contributed by atoms with Gasteiger partial charge >= 0.3 is 5.97 Å². The van der Waals surface area contributed by atoms with E-state index < -0.39 is 12.1 Å². The summed E-state index contributed by atoms with van der Waals surface area (Å²) >= 11 is 0. The number of carboxylic acid groups (broad SMARTS) is 1. The van der Waals surface area contributed by atoms with Crippen molar-refractivity contribution >= 4 is 5.97 Å². The van der Waals surface area contributed by atoms with Crippen LogP contribution in [0.2, 0.25) is 0 Å². The molecule has 6 heteroatoms. The zero-order valence-electron chi connectivity index (χ0n) is 10.1. The van der Waals surface area contributed by atoms with Crippen molar-refractivity contribution in [2.75, 3.05) is 0 Å². The maximum absolute atomic E-state index is 13.5. The fraction of sp³-hybridized carbons (Fsp3) is 0.308. The normalized spacial score (nSPS) is 18.1. The third kappa shape index (κ3) is 2.09. The smallest absolute Gasteiger partial charge is 0.335 e. The lowest BCUT2D eigenvalue weighted by Gasteiger charge is -2.18. The topological polar surface area (TPSA) is 68.0 Å². The molecule has 0 saturated carbocycles. The highest BCUT2D eigenvalue weighted by Gasteiger charge is 2.23. The molecule has 0 bridgehead atoms. The molecule has 0 radical (unpaired) electrons. The number of fused-ring (bicyclic) bond motifs is 1. The SMILES string of the molecule is O=C(O)c1ccc(-c2nnc3n2CC(F)CC3)cc1. The van der Waals surface area contributed by atoms with Crippen LogP contribution in [0.4, 0.5) is 4.39 Å². The van der Waals surface area contributed by atoms with Crippen molar-refractivity contribution in [3.63, 3.8) is 0 Å². The fourth-order valence-corrected chi connectivity index (χ4v) is 2.26. The molecule has 0 amide bonds. The van der Waals surface area contributed by atoms with Crippen LogP contribution in [-0.2, 0) is 13.0 Å². The first-order valence-corrected chi connectivity index (χ1v) is 6.05. The molecule has 0 fully saturated rings. The standard InChI is InChI=1S/C13H12FN3O2/c14-10-5-6-11-15-16-12(17(11)7-10)8-1-3-9(4-2-8)13(18)19/h1-4,10H,5-7H2,(H,18,19). The first kappa shape index (κ1) is 11.8. The van der Waals surface area contributed by atoms with E-state index in [-0.39, 0.29) is 12.1 Å². The van der Waals surface area contributed by atoms with Gasteiger partial charge in [0.25, 0.3) is 0 Å². The van der Waals surface area contributed by atoms with E-state index in [4.69, 9.17) is 5.11 Å². The van der Waals surface area contributed by atoms with Crippen LogP contribution in [0, 0.1) is 0 Å².